The second-order valence-electron chi connectivity index (χ2n) is 8.29. The van der Waals surface area contributed by atoms with Crippen LogP contribution in [0.2, 0.25) is 0 Å². The van der Waals surface area contributed by atoms with E-state index in [4.69, 9.17) is 10.5 Å². The molecule has 3 aromatic rings. The van der Waals surface area contributed by atoms with Crippen LogP contribution in [0.1, 0.15) is 66.3 Å². The molecular formula is C28H41N5O2. The third-order valence-corrected chi connectivity index (χ3v) is 5.66. The van der Waals surface area contributed by atoms with E-state index in [2.05, 4.69) is 20.6 Å². The Kier molecular flexibility index (Phi) is 12.0. The second kappa shape index (κ2) is 15.0. The lowest BCUT2D eigenvalue weighted by atomic mass is 10.0. The molecule has 1 aromatic carbocycles. The van der Waals surface area contributed by atoms with E-state index in [9.17, 15) is 4.79 Å². The maximum absolute atomic E-state index is 12.7. The van der Waals surface area contributed by atoms with Gasteiger partial charge in [0.25, 0.3) is 5.91 Å². The number of hydrogen-bond donors (Lipinski definition) is 4. The highest BCUT2D eigenvalue weighted by molar-refractivity contribution is 5.94. The molecule has 1 aliphatic heterocycles. The predicted molar refractivity (Wildman–Crippen MR) is 145 cm³/mol. The van der Waals surface area contributed by atoms with Crippen LogP contribution in [0.15, 0.2) is 48.8 Å². The van der Waals surface area contributed by atoms with E-state index in [1.54, 1.807) is 0 Å². The number of nitrogens with zero attached hydrogens (tertiary/aromatic N) is 1. The van der Waals surface area contributed by atoms with Crippen molar-refractivity contribution in [3.05, 3.63) is 71.2 Å². The highest BCUT2D eigenvalue weighted by atomic mass is 16.5. The van der Waals surface area contributed by atoms with Gasteiger partial charge >= 0.3 is 0 Å². The first-order valence-corrected chi connectivity index (χ1v) is 12.5. The van der Waals surface area contributed by atoms with E-state index in [0.717, 1.165) is 46.8 Å². The van der Waals surface area contributed by atoms with Crippen molar-refractivity contribution in [1.29, 1.82) is 0 Å². The number of carbonyl (C=O) groups is 1. The summed E-state index contributed by atoms with van der Waals surface area (Å²) in [5, 5.41) is 6.04. The topological polar surface area (TPSA) is 105 Å². The summed E-state index contributed by atoms with van der Waals surface area (Å²) in [6.07, 6.45) is 7.58. The van der Waals surface area contributed by atoms with Crippen LogP contribution >= 0.6 is 0 Å². The van der Waals surface area contributed by atoms with E-state index in [-0.39, 0.29) is 11.9 Å². The van der Waals surface area contributed by atoms with E-state index < -0.39 is 0 Å². The Morgan fingerprint density at radius 2 is 1.89 bits per heavy atom. The van der Waals surface area contributed by atoms with Gasteiger partial charge in [-0.25, -0.2) is 4.98 Å². The zero-order valence-corrected chi connectivity index (χ0v) is 21.8. The lowest BCUT2D eigenvalue weighted by molar-refractivity contribution is 0.0933. The summed E-state index contributed by atoms with van der Waals surface area (Å²) >= 11 is 0. The van der Waals surface area contributed by atoms with Crippen molar-refractivity contribution in [2.45, 2.75) is 53.0 Å². The summed E-state index contributed by atoms with van der Waals surface area (Å²) < 4.78 is 5.07. The van der Waals surface area contributed by atoms with Gasteiger partial charge in [0, 0.05) is 44.8 Å². The molecule has 1 aliphatic rings. The molecule has 190 valence electrons. The van der Waals surface area contributed by atoms with Gasteiger partial charge in [-0.2, -0.15) is 0 Å². The van der Waals surface area contributed by atoms with Crippen molar-refractivity contribution in [3.63, 3.8) is 0 Å². The van der Waals surface area contributed by atoms with E-state index in [0.29, 0.717) is 12.2 Å². The molecule has 1 amide bonds. The summed E-state index contributed by atoms with van der Waals surface area (Å²) in [6, 6.07) is 11.6. The number of ether oxygens (including phenoxy) is 1. The first-order chi connectivity index (χ1) is 17.0. The summed E-state index contributed by atoms with van der Waals surface area (Å²) in [5.41, 5.74) is 11.5. The molecule has 35 heavy (non-hydrogen) atoms. The molecule has 3 heterocycles. The molecule has 1 atom stereocenters. The minimum atomic E-state index is -0.234. The quantitative estimate of drug-likeness (QED) is 0.380. The highest BCUT2D eigenvalue weighted by Crippen LogP contribution is 2.26. The van der Waals surface area contributed by atoms with Gasteiger partial charge in [-0.15, -0.1) is 0 Å². The zero-order valence-electron chi connectivity index (χ0n) is 21.8. The third-order valence-electron chi connectivity index (χ3n) is 5.66. The molecule has 5 N–H and O–H groups in total. The van der Waals surface area contributed by atoms with Crippen molar-refractivity contribution < 1.29 is 9.53 Å². The third kappa shape index (κ3) is 8.53. The number of benzene rings is 1. The van der Waals surface area contributed by atoms with Crippen LogP contribution in [0, 0.1) is 13.8 Å². The average molecular weight is 480 g/mol. The molecule has 0 radical (unpaired) electrons. The number of nitrogens with one attached hydrogen (secondary N) is 3. The van der Waals surface area contributed by atoms with Crippen LogP contribution in [-0.2, 0) is 4.74 Å². The van der Waals surface area contributed by atoms with Crippen LogP contribution in [0.3, 0.4) is 0 Å². The van der Waals surface area contributed by atoms with Gasteiger partial charge < -0.3 is 26.1 Å². The fourth-order valence-corrected chi connectivity index (χ4v) is 3.74. The lowest BCUT2D eigenvalue weighted by Crippen LogP contribution is -2.33. The number of aryl methyl sites for hydroxylation is 2. The number of amides is 1. The fraction of sp³-hybridized carbons (Fsp3) is 0.429. The number of anilines is 1. The molecule has 7 heteroatoms. The largest absolute Gasteiger partial charge is 0.381 e. The normalized spacial score (nSPS) is 13.4. The molecule has 1 unspecified atom stereocenters. The smallest absolute Gasteiger partial charge is 0.268 e. The van der Waals surface area contributed by atoms with E-state index >= 15 is 0 Å². The van der Waals surface area contributed by atoms with Gasteiger partial charge in [-0.05, 0) is 61.9 Å². The molecule has 1 fully saturated rings. The monoisotopic (exact) mass is 479 g/mol. The van der Waals surface area contributed by atoms with Crippen LogP contribution in [0.5, 0.6) is 0 Å². The molecular weight excluding hydrogens is 438 g/mol. The van der Waals surface area contributed by atoms with Crippen LogP contribution < -0.4 is 16.4 Å². The van der Waals surface area contributed by atoms with E-state index in [1.165, 1.54) is 19.3 Å². The molecule has 4 rings (SSSR count). The Labute approximate surface area is 209 Å². The molecule has 0 spiro atoms. The van der Waals surface area contributed by atoms with Crippen LogP contribution in [0.25, 0.3) is 11.1 Å². The number of hydrogen-bond acceptors (Lipinski definition) is 5. The second-order valence-corrected chi connectivity index (χ2v) is 8.29. The minimum absolute atomic E-state index is 0.182. The summed E-state index contributed by atoms with van der Waals surface area (Å²) in [7, 11) is 1.83. The number of nitrogens with two attached hydrogens (primary N) is 1. The van der Waals surface area contributed by atoms with Gasteiger partial charge in [0.1, 0.15) is 11.5 Å². The van der Waals surface area contributed by atoms with Gasteiger partial charge in [-0.3, -0.25) is 4.79 Å². The van der Waals surface area contributed by atoms with Crippen molar-refractivity contribution in [3.8, 4) is 11.1 Å². The summed E-state index contributed by atoms with van der Waals surface area (Å²) in [4.78, 5) is 20.1. The minimum Gasteiger partial charge on any atom is -0.381 e. The SMILES string of the molecule is C1CCOCC1.CC.CNc1cc(-c2c[nH]c(C(=O)NC(CN)c3cccc(C)c3)c2)c(C)cn1. The van der Waals surface area contributed by atoms with Gasteiger partial charge in [0.05, 0.1) is 6.04 Å². The maximum Gasteiger partial charge on any atom is 0.268 e. The number of rotatable bonds is 6. The lowest BCUT2D eigenvalue weighted by Gasteiger charge is -2.17. The maximum atomic E-state index is 12.7. The number of aromatic nitrogens is 2. The fourth-order valence-electron chi connectivity index (χ4n) is 3.74. The Hall–Kier alpha value is -3.16. The molecule has 0 aliphatic carbocycles. The van der Waals surface area contributed by atoms with Crippen LogP contribution in [0.4, 0.5) is 5.82 Å². The van der Waals surface area contributed by atoms with Gasteiger partial charge in [-0.1, -0.05) is 43.7 Å². The number of pyridine rings is 1. The van der Waals surface area contributed by atoms with Gasteiger partial charge in [0.2, 0.25) is 0 Å². The number of aromatic amines is 1. The Morgan fingerprint density at radius 1 is 1.14 bits per heavy atom. The van der Waals surface area contributed by atoms with Gasteiger partial charge in [0.15, 0.2) is 0 Å². The average Bonchev–Trinajstić information content (AvgIpc) is 3.40. The highest BCUT2D eigenvalue weighted by Gasteiger charge is 2.17. The Morgan fingerprint density at radius 3 is 2.46 bits per heavy atom. The Balaban J connectivity index is 0.000000463. The molecule has 7 nitrogen and oxygen atoms in total. The zero-order chi connectivity index (χ0) is 25.6. The van der Waals surface area contributed by atoms with Crippen molar-refractivity contribution >= 4 is 11.7 Å². The molecule has 0 bridgehead atoms. The number of carbonyl (C=O) groups excluding carboxylic acids is 1. The van der Waals surface area contributed by atoms with Crippen molar-refractivity contribution in [2.24, 2.45) is 5.73 Å². The summed E-state index contributed by atoms with van der Waals surface area (Å²) in [6.45, 7) is 10.3. The predicted octanol–water partition coefficient (Wildman–Crippen LogP) is 5.38. The number of H-pyrrole nitrogens is 1. The van der Waals surface area contributed by atoms with Crippen LogP contribution in [-0.4, -0.2) is 42.7 Å². The first-order valence-electron chi connectivity index (χ1n) is 12.5. The molecule has 0 saturated carbocycles. The summed E-state index contributed by atoms with van der Waals surface area (Å²) in [5.74, 6) is 0.601. The standard InChI is InChI=1S/C21H25N5O.C5H10O.C2H6/c1-13-5-4-6-15(7-13)19(10-22)26-21(27)18-8-16(12-24-18)17-9-20(23-3)25-11-14(17)2;1-2-4-6-5-3-1;1-2/h4-9,11-12,19,24H,10,22H2,1-3H3,(H,23,25)(H,26,27);1-5H2;1-2H3. The molecule has 2 aromatic heterocycles. The van der Waals surface area contributed by atoms with Crippen molar-refractivity contribution in [2.75, 3.05) is 32.1 Å². The first kappa shape index (κ1) is 28.1. The molecule has 1 saturated heterocycles. The van der Waals surface area contributed by atoms with E-state index in [1.807, 2.05) is 83.5 Å². The Bertz CT molecular complexity index is 1030. The van der Waals surface area contributed by atoms with Crippen molar-refractivity contribution in [1.82, 2.24) is 15.3 Å².